The molecule has 0 aliphatic heterocycles. The average molecular weight is 512 g/mol. The first kappa shape index (κ1) is 11.7. The molecule has 8 aromatic rings. The van der Waals surface area contributed by atoms with E-state index in [4.69, 9.17) is 18.7 Å². The number of aromatic nitrogens is 2. The lowest BCUT2D eigenvalue weighted by Crippen LogP contribution is -2.01. The SMILES string of the molecule is [2H]c1c([2H])c([2H])c2c(-c3c4c([2H])c([2H])c([2H])c([2H])c4c(-n4c(-c5ccccc5)nc5ccccc54)c4c([2H])c([2H])c([2H])c([2H])c34)c([2H])c([2H])c([2H])c2c1[2H]. The van der Waals surface area contributed by atoms with E-state index in [9.17, 15) is 6.85 Å². The highest BCUT2D eigenvalue weighted by Crippen LogP contribution is 2.44. The number of fused-ring (bicyclic) bond motifs is 4. The summed E-state index contributed by atoms with van der Waals surface area (Å²) in [5, 5.41) is -1.97. The molecule has 0 amide bonds. The molecule has 1 heterocycles. The summed E-state index contributed by atoms with van der Waals surface area (Å²) in [5.74, 6) is 0.278. The van der Waals surface area contributed by atoms with E-state index in [2.05, 4.69) is 0 Å². The minimum Gasteiger partial charge on any atom is -0.291 e. The molecule has 182 valence electrons. The van der Waals surface area contributed by atoms with E-state index in [1.54, 1.807) is 59.2 Å². The van der Waals surface area contributed by atoms with Gasteiger partial charge in [-0.25, -0.2) is 4.98 Å². The summed E-state index contributed by atoms with van der Waals surface area (Å²) < 4.78 is 136. The molecule has 39 heavy (non-hydrogen) atoms. The number of nitrogens with zero attached hydrogens (tertiary/aromatic N) is 2. The van der Waals surface area contributed by atoms with Gasteiger partial charge >= 0.3 is 0 Å². The van der Waals surface area contributed by atoms with Crippen molar-refractivity contribution in [2.75, 3.05) is 0 Å². The molecule has 0 unspecified atom stereocenters. The highest BCUT2D eigenvalue weighted by molar-refractivity contribution is 6.21. The van der Waals surface area contributed by atoms with E-state index in [0.29, 0.717) is 16.6 Å². The van der Waals surface area contributed by atoms with Gasteiger partial charge in [-0.1, -0.05) is 133 Å². The molecule has 0 N–H and O–H groups in total. The Kier molecular flexibility index (Phi) is 2.60. The van der Waals surface area contributed by atoms with Gasteiger partial charge in [0.05, 0.1) is 37.3 Å². The van der Waals surface area contributed by atoms with Crippen molar-refractivity contribution in [1.82, 2.24) is 9.55 Å². The van der Waals surface area contributed by atoms with Gasteiger partial charge in [0.1, 0.15) is 5.82 Å². The van der Waals surface area contributed by atoms with Crippen LogP contribution in [0.4, 0.5) is 0 Å². The van der Waals surface area contributed by atoms with Crippen LogP contribution in [-0.2, 0) is 0 Å². The maximum absolute atomic E-state index is 9.39. The van der Waals surface area contributed by atoms with Crippen LogP contribution in [0, 0.1) is 0 Å². The summed E-state index contributed by atoms with van der Waals surface area (Å²) in [6, 6.07) is 5.42. The van der Waals surface area contributed by atoms with E-state index < -0.39 is 107 Å². The molecule has 0 radical (unpaired) electrons. The lowest BCUT2D eigenvalue weighted by Gasteiger charge is -2.20. The van der Waals surface area contributed by atoms with Crippen LogP contribution in [0.1, 0.15) is 20.6 Å². The lowest BCUT2D eigenvalue weighted by atomic mass is 9.88. The maximum Gasteiger partial charge on any atom is 0.145 e. The third-order valence-corrected chi connectivity index (χ3v) is 6.73. The number of hydrogen-bond donors (Lipinski definition) is 0. The zero-order valence-electron chi connectivity index (χ0n) is 35.1. The predicted molar refractivity (Wildman–Crippen MR) is 164 cm³/mol. The Morgan fingerprint density at radius 3 is 1.87 bits per heavy atom. The number of imidazole rings is 1. The summed E-state index contributed by atoms with van der Waals surface area (Å²) in [7, 11) is 0. The zero-order chi connectivity index (χ0) is 38.8. The van der Waals surface area contributed by atoms with E-state index in [1.165, 1.54) is 0 Å². The lowest BCUT2D eigenvalue weighted by molar-refractivity contribution is 1.13. The third kappa shape index (κ3) is 3.32. The van der Waals surface area contributed by atoms with Crippen molar-refractivity contribution in [3.8, 4) is 28.2 Å². The second-order valence-corrected chi connectivity index (χ2v) is 8.85. The van der Waals surface area contributed by atoms with Crippen LogP contribution in [0.2, 0.25) is 0 Å². The molecule has 0 fully saturated rings. The van der Waals surface area contributed by atoms with Gasteiger partial charge in [-0.05, 0) is 44.8 Å². The number of benzene rings is 7. The topological polar surface area (TPSA) is 17.8 Å². The molecule has 2 heteroatoms. The molecular formula is C37H24N2. The summed E-state index contributed by atoms with van der Waals surface area (Å²) in [4.78, 5) is 4.87. The summed E-state index contributed by atoms with van der Waals surface area (Å²) in [5.41, 5.74) is 0.565. The molecule has 7 aromatic carbocycles. The normalized spacial score (nSPS) is 17.0. The van der Waals surface area contributed by atoms with Crippen LogP contribution in [0.25, 0.3) is 71.6 Å². The van der Waals surface area contributed by atoms with E-state index in [-0.39, 0.29) is 38.6 Å². The largest absolute Gasteiger partial charge is 0.291 e. The molecule has 0 aliphatic carbocycles. The van der Waals surface area contributed by atoms with Gasteiger partial charge in [-0.15, -0.1) is 0 Å². The van der Waals surface area contributed by atoms with Gasteiger partial charge in [0.15, 0.2) is 0 Å². The van der Waals surface area contributed by atoms with Gasteiger partial charge in [-0.2, -0.15) is 0 Å². The van der Waals surface area contributed by atoms with Gasteiger partial charge in [0.2, 0.25) is 0 Å². The van der Waals surface area contributed by atoms with Crippen molar-refractivity contribution in [3.05, 3.63) is 145 Å². The Morgan fingerprint density at radius 2 is 1.13 bits per heavy atom. The fraction of sp³-hybridized carbons (Fsp3) is 0. The smallest absolute Gasteiger partial charge is 0.145 e. The molecule has 1 aromatic heterocycles. The summed E-state index contributed by atoms with van der Waals surface area (Å²) >= 11 is 0. The van der Waals surface area contributed by atoms with Crippen molar-refractivity contribution in [1.29, 1.82) is 0 Å². The van der Waals surface area contributed by atoms with E-state index in [1.807, 2.05) is 0 Å². The standard InChI is InChI=1S/C37H24N2/c1-2-14-26(15-3-1)37-38-33-23-10-11-24-34(33)39(37)36-31-20-8-6-18-29(31)35(30-19-7-9-21-32(30)36)28-22-12-16-25-13-4-5-17-27(25)28/h1-24H/i4D,5D,6D,7D,8D,9D,12D,13D,16D,17D,18D,19D,20D,21D,22D. The summed E-state index contributed by atoms with van der Waals surface area (Å²) in [6.07, 6.45) is 0. The van der Waals surface area contributed by atoms with Gasteiger partial charge in [-0.3, -0.25) is 4.57 Å². The number of para-hydroxylation sites is 2. The van der Waals surface area contributed by atoms with E-state index in [0.717, 1.165) is 0 Å². The molecule has 0 saturated carbocycles. The molecule has 0 bridgehead atoms. The first-order valence-corrected chi connectivity index (χ1v) is 12.1. The van der Waals surface area contributed by atoms with Crippen LogP contribution in [-0.4, -0.2) is 9.55 Å². The number of hydrogen-bond acceptors (Lipinski definition) is 1. The highest BCUT2D eigenvalue weighted by Gasteiger charge is 2.21. The molecule has 0 atom stereocenters. The second kappa shape index (κ2) is 8.68. The van der Waals surface area contributed by atoms with Crippen molar-refractivity contribution in [2.24, 2.45) is 0 Å². The van der Waals surface area contributed by atoms with Gasteiger partial charge < -0.3 is 0 Å². The van der Waals surface area contributed by atoms with Crippen LogP contribution < -0.4 is 0 Å². The summed E-state index contributed by atoms with van der Waals surface area (Å²) in [6.45, 7) is 0. The van der Waals surface area contributed by atoms with Gasteiger partial charge in [0, 0.05) is 16.3 Å². The predicted octanol–water partition coefficient (Wildman–Crippen LogP) is 9.82. The first-order chi connectivity index (χ1) is 25.6. The Labute approximate surface area is 247 Å². The number of rotatable bonds is 3. The van der Waals surface area contributed by atoms with Crippen LogP contribution >= 0.6 is 0 Å². The monoisotopic (exact) mass is 511 g/mol. The van der Waals surface area contributed by atoms with E-state index >= 15 is 0 Å². The minimum absolute atomic E-state index is 0.0729. The first-order valence-electron chi connectivity index (χ1n) is 19.6. The molecule has 8 rings (SSSR count). The average Bonchev–Trinajstić information content (AvgIpc) is 3.56. The molecule has 0 saturated heterocycles. The third-order valence-electron chi connectivity index (χ3n) is 6.73. The molecule has 2 nitrogen and oxygen atoms in total. The highest BCUT2D eigenvalue weighted by atomic mass is 15.1. The maximum atomic E-state index is 9.39. The van der Waals surface area contributed by atoms with Crippen LogP contribution in [0.15, 0.2) is 145 Å². The van der Waals surface area contributed by atoms with Crippen LogP contribution in [0.5, 0.6) is 0 Å². The fourth-order valence-electron chi connectivity index (χ4n) is 5.11. The Bertz CT molecular complexity index is 2900. The Balaban J connectivity index is 1.80. The second-order valence-electron chi connectivity index (χ2n) is 8.85. The van der Waals surface area contributed by atoms with Gasteiger partial charge in [0.25, 0.3) is 0 Å². The van der Waals surface area contributed by atoms with Crippen molar-refractivity contribution in [3.63, 3.8) is 0 Å². The zero-order valence-corrected chi connectivity index (χ0v) is 20.1. The fourth-order valence-corrected chi connectivity index (χ4v) is 5.11. The Hall–Kier alpha value is -5.21. The van der Waals surface area contributed by atoms with Crippen LogP contribution in [0.3, 0.4) is 0 Å². The Morgan fingerprint density at radius 1 is 0.538 bits per heavy atom. The van der Waals surface area contributed by atoms with Crippen molar-refractivity contribution in [2.45, 2.75) is 0 Å². The molecular weight excluding hydrogens is 472 g/mol. The quantitative estimate of drug-likeness (QED) is 0.216. The molecule has 0 spiro atoms. The van der Waals surface area contributed by atoms with Crippen molar-refractivity contribution >= 4 is 43.4 Å². The van der Waals surface area contributed by atoms with Crippen molar-refractivity contribution < 1.29 is 20.6 Å². The minimum atomic E-state index is -0.762. The molecule has 0 aliphatic rings.